The van der Waals surface area contributed by atoms with E-state index in [4.69, 9.17) is 5.73 Å². The van der Waals surface area contributed by atoms with Crippen LogP contribution in [0.1, 0.15) is 43.2 Å². The van der Waals surface area contributed by atoms with Crippen LogP contribution in [0.5, 0.6) is 0 Å². The van der Waals surface area contributed by atoms with Gasteiger partial charge in [-0.2, -0.15) is 0 Å². The van der Waals surface area contributed by atoms with Crippen molar-refractivity contribution in [2.75, 3.05) is 0 Å². The van der Waals surface area contributed by atoms with Gasteiger partial charge in [-0.15, -0.1) is 0 Å². The third-order valence-corrected chi connectivity index (χ3v) is 5.28. The van der Waals surface area contributed by atoms with Gasteiger partial charge in [-0.05, 0) is 80.0 Å². The molecule has 4 atom stereocenters. The summed E-state index contributed by atoms with van der Waals surface area (Å²) in [6, 6.07) is 5.28. The molecule has 4 unspecified atom stereocenters. The number of benzene rings is 1. The molecule has 1 aromatic rings. The zero-order valence-electron chi connectivity index (χ0n) is 11.7. The first-order valence-corrected chi connectivity index (χ1v) is 7.62. The number of nitrogens with two attached hydrogens (primary N) is 1. The molecular formula is C17H24FN. The monoisotopic (exact) mass is 261 g/mol. The second-order valence-electron chi connectivity index (χ2n) is 6.71. The highest BCUT2D eigenvalue weighted by molar-refractivity contribution is 5.27. The molecule has 2 saturated carbocycles. The summed E-state index contributed by atoms with van der Waals surface area (Å²) in [5.41, 5.74) is 8.57. The molecule has 0 radical (unpaired) electrons. The first-order valence-electron chi connectivity index (χ1n) is 7.62. The van der Waals surface area contributed by atoms with Crippen LogP contribution in [-0.2, 0) is 6.42 Å². The van der Waals surface area contributed by atoms with Gasteiger partial charge in [0.05, 0.1) is 0 Å². The van der Waals surface area contributed by atoms with Crippen LogP contribution in [0.4, 0.5) is 4.39 Å². The van der Waals surface area contributed by atoms with Crippen LogP contribution in [-0.4, -0.2) is 6.04 Å². The Balaban J connectivity index is 1.57. The molecule has 0 amide bonds. The molecule has 2 aliphatic carbocycles. The van der Waals surface area contributed by atoms with Crippen molar-refractivity contribution in [3.63, 3.8) is 0 Å². The average Bonchev–Trinajstić information content (AvgIpc) is 2.95. The van der Waals surface area contributed by atoms with Gasteiger partial charge in [0.2, 0.25) is 0 Å². The van der Waals surface area contributed by atoms with Crippen LogP contribution in [0.2, 0.25) is 0 Å². The van der Waals surface area contributed by atoms with Gasteiger partial charge in [-0.3, -0.25) is 0 Å². The fourth-order valence-electron chi connectivity index (χ4n) is 4.31. The fraction of sp³-hybridized carbons (Fsp3) is 0.647. The average molecular weight is 261 g/mol. The number of fused-ring (bicyclic) bond motifs is 2. The van der Waals surface area contributed by atoms with Gasteiger partial charge in [-0.25, -0.2) is 4.39 Å². The Morgan fingerprint density at radius 1 is 1.32 bits per heavy atom. The van der Waals surface area contributed by atoms with Crippen molar-refractivity contribution in [1.29, 1.82) is 0 Å². The molecule has 2 N–H and O–H groups in total. The minimum absolute atomic E-state index is 0.150. The van der Waals surface area contributed by atoms with Crippen molar-refractivity contribution < 1.29 is 4.39 Å². The van der Waals surface area contributed by atoms with Crippen molar-refractivity contribution in [3.05, 3.63) is 35.1 Å². The van der Waals surface area contributed by atoms with E-state index in [1.807, 2.05) is 13.0 Å². The standard InChI is InChI=1S/C17H24FN/c1-11-6-16(18)5-4-13(11)9-17(19)10-15-8-12-2-3-14(15)7-12/h4-6,12,14-15,17H,2-3,7-10,19H2,1H3. The number of rotatable bonds is 4. The van der Waals surface area contributed by atoms with E-state index in [2.05, 4.69) is 0 Å². The Hall–Kier alpha value is -0.890. The highest BCUT2D eigenvalue weighted by atomic mass is 19.1. The lowest BCUT2D eigenvalue weighted by Crippen LogP contribution is -2.28. The molecule has 2 aliphatic rings. The predicted molar refractivity (Wildman–Crippen MR) is 76.4 cm³/mol. The third-order valence-electron chi connectivity index (χ3n) is 5.28. The highest BCUT2D eigenvalue weighted by Gasteiger charge is 2.39. The molecule has 104 valence electrons. The maximum Gasteiger partial charge on any atom is 0.123 e. The summed E-state index contributed by atoms with van der Waals surface area (Å²) < 4.78 is 13.1. The molecule has 0 saturated heterocycles. The first-order chi connectivity index (χ1) is 9.11. The smallest absolute Gasteiger partial charge is 0.123 e. The summed E-state index contributed by atoms with van der Waals surface area (Å²) in [4.78, 5) is 0. The summed E-state index contributed by atoms with van der Waals surface area (Å²) in [6.07, 6.45) is 7.77. The Kier molecular flexibility index (Phi) is 3.62. The maximum atomic E-state index is 13.1. The summed E-state index contributed by atoms with van der Waals surface area (Å²) in [7, 11) is 0. The minimum Gasteiger partial charge on any atom is -0.327 e. The summed E-state index contributed by atoms with van der Waals surface area (Å²) >= 11 is 0. The molecule has 19 heavy (non-hydrogen) atoms. The molecule has 0 heterocycles. The Morgan fingerprint density at radius 2 is 2.16 bits per heavy atom. The summed E-state index contributed by atoms with van der Waals surface area (Å²) in [5, 5.41) is 0. The lowest BCUT2D eigenvalue weighted by Gasteiger charge is -2.25. The second kappa shape index (κ2) is 5.24. The summed E-state index contributed by atoms with van der Waals surface area (Å²) in [6.45, 7) is 1.97. The topological polar surface area (TPSA) is 26.0 Å². The van der Waals surface area contributed by atoms with Crippen molar-refractivity contribution in [2.24, 2.45) is 23.5 Å². The Bertz CT molecular complexity index is 457. The van der Waals surface area contributed by atoms with Gasteiger partial charge in [0, 0.05) is 6.04 Å². The largest absolute Gasteiger partial charge is 0.327 e. The third kappa shape index (κ3) is 2.84. The van der Waals surface area contributed by atoms with Crippen molar-refractivity contribution in [2.45, 2.75) is 51.5 Å². The highest BCUT2D eigenvalue weighted by Crippen LogP contribution is 2.49. The lowest BCUT2D eigenvalue weighted by atomic mass is 9.83. The lowest BCUT2D eigenvalue weighted by molar-refractivity contribution is 0.294. The molecule has 0 aliphatic heterocycles. The van der Waals surface area contributed by atoms with Crippen molar-refractivity contribution in [1.82, 2.24) is 0 Å². The van der Waals surface area contributed by atoms with E-state index in [9.17, 15) is 4.39 Å². The van der Waals surface area contributed by atoms with Crippen LogP contribution < -0.4 is 5.73 Å². The molecule has 0 spiro atoms. The number of aryl methyl sites for hydroxylation is 1. The minimum atomic E-state index is -0.150. The zero-order valence-corrected chi connectivity index (χ0v) is 11.7. The Morgan fingerprint density at radius 3 is 2.79 bits per heavy atom. The molecule has 3 rings (SSSR count). The molecule has 1 nitrogen and oxygen atoms in total. The maximum absolute atomic E-state index is 13.1. The van der Waals surface area contributed by atoms with Crippen LogP contribution in [0.25, 0.3) is 0 Å². The first kappa shape index (κ1) is 13.1. The van der Waals surface area contributed by atoms with E-state index in [1.54, 1.807) is 12.1 Å². The quantitative estimate of drug-likeness (QED) is 0.876. The van der Waals surface area contributed by atoms with Crippen LogP contribution in [0.15, 0.2) is 18.2 Å². The van der Waals surface area contributed by atoms with E-state index < -0.39 is 0 Å². The van der Waals surface area contributed by atoms with Crippen LogP contribution in [0.3, 0.4) is 0 Å². The molecular weight excluding hydrogens is 237 g/mol. The summed E-state index contributed by atoms with van der Waals surface area (Å²) in [5.74, 6) is 2.65. The van der Waals surface area contributed by atoms with E-state index in [1.165, 1.54) is 31.2 Å². The van der Waals surface area contributed by atoms with Gasteiger partial charge in [0.25, 0.3) is 0 Å². The van der Waals surface area contributed by atoms with E-state index in [0.29, 0.717) is 0 Å². The normalized spacial score (nSPS) is 30.8. The SMILES string of the molecule is Cc1cc(F)ccc1CC(N)CC1CC2CCC1C2. The number of halogens is 1. The molecule has 2 heteroatoms. The second-order valence-corrected chi connectivity index (χ2v) is 6.71. The van der Waals surface area contributed by atoms with E-state index in [-0.39, 0.29) is 11.9 Å². The van der Waals surface area contributed by atoms with Gasteiger partial charge >= 0.3 is 0 Å². The molecule has 2 fully saturated rings. The fourth-order valence-corrected chi connectivity index (χ4v) is 4.31. The van der Waals surface area contributed by atoms with Gasteiger partial charge in [-0.1, -0.05) is 12.5 Å². The van der Waals surface area contributed by atoms with Gasteiger partial charge in [0.1, 0.15) is 5.82 Å². The van der Waals surface area contributed by atoms with Crippen molar-refractivity contribution >= 4 is 0 Å². The van der Waals surface area contributed by atoms with E-state index >= 15 is 0 Å². The van der Waals surface area contributed by atoms with Crippen LogP contribution >= 0.6 is 0 Å². The zero-order chi connectivity index (χ0) is 13.4. The number of hydrogen-bond acceptors (Lipinski definition) is 1. The number of hydrogen-bond donors (Lipinski definition) is 1. The molecule has 0 aromatic heterocycles. The van der Waals surface area contributed by atoms with Gasteiger partial charge in [0.15, 0.2) is 0 Å². The van der Waals surface area contributed by atoms with E-state index in [0.717, 1.165) is 36.2 Å². The van der Waals surface area contributed by atoms with Crippen molar-refractivity contribution in [3.8, 4) is 0 Å². The predicted octanol–water partition coefficient (Wildman–Crippen LogP) is 3.83. The Labute approximate surface area is 115 Å². The molecule has 1 aromatic carbocycles. The van der Waals surface area contributed by atoms with Gasteiger partial charge < -0.3 is 5.73 Å². The molecule has 2 bridgehead atoms. The van der Waals surface area contributed by atoms with Crippen LogP contribution in [0, 0.1) is 30.5 Å².